The van der Waals surface area contributed by atoms with E-state index in [1.807, 2.05) is 6.92 Å². The molecule has 1 unspecified atom stereocenters. The molecule has 0 aliphatic rings. The van der Waals surface area contributed by atoms with Crippen molar-refractivity contribution in [1.82, 2.24) is 4.72 Å². The smallest absolute Gasteiger partial charge is 0.322 e. The lowest BCUT2D eigenvalue weighted by molar-refractivity contribution is 0.102. The summed E-state index contributed by atoms with van der Waals surface area (Å²) in [6.45, 7) is 1.91. The van der Waals surface area contributed by atoms with E-state index in [2.05, 4.69) is 15.4 Å². The first-order valence-corrected chi connectivity index (χ1v) is 10.3. The van der Waals surface area contributed by atoms with Crippen LogP contribution in [0.2, 0.25) is 5.02 Å². The van der Waals surface area contributed by atoms with Crippen LogP contribution < -0.4 is 15.4 Å². The van der Waals surface area contributed by atoms with Crippen LogP contribution in [0.4, 0.5) is 20.6 Å². The number of anilines is 2. The van der Waals surface area contributed by atoms with Gasteiger partial charge in [0.05, 0.1) is 10.6 Å². The summed E-state index contributed by atoms with van der Waals surface area (Å²) in [6.07, 6.45) is 0. The molecule has 3 aromatic rings. The first-order chi connectivity index (χ1) is 14.4. The summed E-state index contributed by atoms with van der Waals surface area (Å²) in [6, 6.07) is 19.2. The fourth-order valence-electron chi connectivity index (χ4n) is 2.58. The van der Waals surface area contributed by atoms with Crippen LogP contribution in [0.5, 0.6) is 0 Å². The highest BCUT2D eigenvalue weighted by molar-refractivity contribution is 7.98. The standard InChI is InChI=1S/C22H19ClFN3O2S/c1-14(15-6-8-16(24)9-7-15)30-27-22(29)26-18-12-10-17(11-13-18)25-21(28)19-4-2-3-5-20(19)23/h2-14H,1H3,(H,25,28)(H2,26,27,29). The number of nitrogens with one attached hydrogen (secondary N) is 3. The molecule has 0 aliphatic carbocycles. The van der Waals surface area contributed by atoms with Gasteiger partial charge in [-0.3, -0.25) is 9.52 Å². The number of hydrogen-bond donors (Lipinski definition) is 3. The fraction of sp³-hybridized carbons (Fsp3) is 0.0909. The summed E-state index contributed by atoms with van der Waals surface area (Å²) in [7, 11) is 0. The van der Waals surface area contributed by atoms with Crippen LogP contribution in [-0.2, 0) is 0 Å². The van der Waals surface area contributed by atoms with Gasteiger partial charge in [-0.2, -0.15) is 0 Å². The van der Waals surface area contributed by atoms with Crippen molar-refractivity contribution in [3.8, 4) is 0 Å². The van der Waals surface area contributed by atoms with Gasteiger partial charge in [-0.05, 0) is 73.0 Å². The third-order valence-corrected chi connectivity index (χ3v) is 5.45. The van der Waals surface area contributed by atoms with Crippen molar-refractivity contribution in [2.24, 2.45) is 0 Å². The van der Waals surface area contributed by atoms with Gasteiger partial charge in [-0.1, -0.05) is 35.9 Å². The van der Waals surface area contributed by atoms with Crippen molar-refractivity contribution in [3.05, 3.63) is 94.8 Å². The zero-order chi connectivity index (χ0) is 21.5. The van der Waals surface area contributed by atoms with E-state index in [1.165, 1.54) is 24.1 Å². The highest BCUT2D eigenvalue weighted by atomic mass is 35.5. The van der Waals surface area contributed by atoms with Gasteiger partial charge in [0.15, 0.2) is 0 Å². The Morgan fingerprint density at radius 2 is 1.50 bits per heavy atom. The summed E-state index contributed by atoms with van der Waals surface area (Å²) in [5, 5.41) is 5.80. The average Bonchev–Trinajstić information content (AvgIpc) is 2.74. The summed E-state index contributed by atoms with van der Waals surface area (Å²) < 4.78 is 15.7. The lowest BCUT2D eigenvalue weighted by Gasteiger charge is -2.13. The molecule has 0 bridgehead atoms. The first kappa shape index (κ1) is 21.7. The largest absolute Gasteiger partial charge is 0.329 e. The Labute approximate surface area is 183 Å². The number of urea groups is 1. The van der Waals surface area contributed by atoms with E-state index in [0.717, 1.165) is 5.56 Å². The molecule has 0 radical (unpaired) electrons. The zero-order valence-electron chi connectivity index (χ0n) is 16.0. The highest BCUT2D eigenvalue weighted by Crippen LogP contribution is 2.26. The van der Waals surface area contributed by atoms with Crippen molar-refractivity contribution >= 4 is 46.9 Å². The monoisotopic (exact) mass is 443 g/mol. The Morgan fingerprint density at radius 1 is 0.900 bits per heavy atom. The summed E-state index contributed by atoms with van der Waals surface area (Å²) in [4.78, 5) is 24.4. The molecule has 0 aromatic heterocycles. The predicted octanol–water partition coefficient (Wildman–Crippen LogP) is 6.26. The molecule has 8 heteroatoms. The van der Waals surface area contributed by atoms with Gasteiger partial charge >= 0.3 is 6.03 Å². The Balaban J connectivity index is 1.50. The Bertz CT molecular complexity index is 1030. The molecule has 0 spiro atoms. The van der Waals surface area contributed by atoms with E-state index in [9.17, 15) is 14.0 Å². The maximum atomic E-state index is 13.0. The molecular weight excluding hydrogens is 425 g/mol. The van der Waals surface area contributed by atoms with Crippen LogP contribution in [0.25, 0.3) is 0 Å². The van der Waals surface area contributed by atoms with E-state index in [1.54, 1.807) is 60.7 Å². The molecule has 3 N–H and O–H groups in total. The quantitative estimate of drug-likeness (QED) is 0.393. The SMILES string of the molecule is CC(SNC(=O)Nc1ccc(NC(=O)c2ccccc2Cl)cc1)c1ccc(F)cc1. The minimum absolute atomic E-state index is 0.0428. The average molecular weight is 444 g/mol. The fourth-order valence-corrected chi connectivity index (χ4v) is 3.43. The number of carbonyl (C=O) groups excluding carboxylic acids is 2. The third-order valence-electron chi connectivity index (χ3n) is 4.19. The van der Waals surface area contributed by atoms with Crippen molar-refractivity contribution in [2.45, 2.75) is 12.2 Å². The van der Waals surface area contributed by atoms with Crippen molar-refractivity contribution < 1.29 is 14.0 Å². The first-order valence-electron chi connectivity index (χ1n) is 9.06. The summed E-state index contributed by atoms with van der Waals surface area (Å²) >= 11 is 7.25. The number of amides is 3. The molecule has 0 aliphatic heterocycles. The van der Waals surface area contributed by atoms with Crippen LogP contribution in [0.15, 0.2) is 72.8 Å². The van der Waals surface area contributed by atoms with Gasteiger partial charge in [-0.15, -0.1) is 0 Å². The van der Waals surface area contributed by atoms with Gasteiger partial charge in [0.1, 0.15) is 5.82 Å². The molecule has 3 rings (SSSR count). The lowest BCUT2D eigenvalue weighted by atomic mass is 10.2. The maximum Gasteiger partial charge on any atom is 0.329 e. The molecule has 1 atom stereocenters. The molecule has 0 fully saturated rings. The normalized spacial score (nSPS) is 11.4. The lowest BCUT2D eigenvalue weighted by Crippen LogP contribution is -2.23. The molecule has 3 aromatic carbocycles. The molecule has 154 valence electrons. The molecular formula is C22H19ClFN3O2S. The summed E-state index contributed by atoms with van der Waals surface area (Å²) in [5.41, 5.74) is 2.43. The molecule has 0 saturated carbocycles. The second kappa shape index (κ2) is 10.1. The van der Waals surface area contributed by atoms with Crippen LogP contribution in [-0.4, -0.2) is 11.9 Å². The zero-order valence-corrected chi connectivity index (χ0v) is 17.6. The van der Waals surface area contributed by atoms with E-state index in [-0.39, 0.29) is 23.0 Å². The molecule has 3 amide bonds. The van der Waals surface area contributed by atoms with E-state index in [0.29, 0.717) is 22.0 Å². The second-order valence-electron chi connectivity index (χ2n) is 6.38. The second-order valence-corrected chi connectivity index (χ2v) is 7.93. The molecule has 30 heavy (non-hydrogen) atoms. The van der Waals surface area contributed by atoms with Crippen molar-refractivity contribution in [2.75, 3.05) is 10.6 Å². The van der Waals surface area contributed by atoms with Gasteiger partial charge in [0, 0.05) is 16.6 Å². The van der Waals surface area contributed by atoms with Gasteiger partial charge in [-0.25, -0.2) is 9.18 Å². The number of carbonyl (C=O) groups is 2. The van der Waals surface area contributed by atoms with Crippen LogP contribution in [0.1, 0.15) is 28.1 Å². The predicted molar refractivity (Wildman–Crippen MR) is 120 cm³/mol. The maximum absolute atomic E-state index is 13.0. The molecule has 0 saturated heterocycles. The topological polar surface area (TPSA) is 70.2 Å². The molecule has 0 heterocycles. The molecule has 5 nitrogen and oxygen atoms in total. The number of rotatable bonds is 6. The van der Waals surface area contributed by atoms with Crippen LogP contribution in [0.3, 0.4) is 0 Å². The van der Waals surface area contributed by atoms with E-state index >= 15 is 0 Å². The number of benzene rings is 3. The van der Waals surface area contributed by atoms with Crippen LogP contribution in [0, 0.1) is 5.82 Å². The van der Waals surface area contributed by atoms with Gasteiger partial charge in [0.2, 0.25) is 0 Å². The van der Waals surface area contributed by atoms with E-state index < -0.39 is 0 Å². The highest BCUT2D eigenvalue weighted by Gasteiger charge is 2.11. The minimum atomic E-state index is -0.387. The number of hydrogen-bond acceptors (Lipinski definition) is 3. The third kappa shape index (κ3) is 5.98. The van der Waals surface area contributed by atoms with Gasteiger partial charge in [0.25, 0.3) is 5.91 Å². The van der Waals surface area contributed by atoms with Crippen LogP contribution >= 0.6 is 23.5 Å². The van der Waals surface area contributed by atoms with Crippen molar-refractivity contribution in [1.29, 1.82) is 0 Å². The Morgan fingerprint density at radius 3 is 2.13 bits per heavy atom. The summed E-state index contributed by atoms with van der Waals surface area (Å²) in [5.74, 6) is -0.613. The number of halogens is 2. The van der Waals surface area contributed by atoms with E-state index in [4.69, 9.17) is 11.6 Å². The van der Waals surface area contributed by atoms with Crippen molar-refractivity contribution in [3.63, 3.8) is 0 Å². The Kier molecular flexibility index (Phi) is 7.32. The Hall–Kier alpha value is -3.03. The van der Waals surface area contributed by atoms with Gasteiger partial charge < -0.3 is 10.6 Å². The minimum Gasteiger partial charge on any atom is -0.322 e.